The number of benzene rings is 1. The molecule has 1 rings (SSSR count). The van der Waals surface area contributed by atoms with Crippen LogP contribution in [0.25, 0.3) is 0 Å². The molecule has 0 bridgehead atoms. The minimum absolute atomic E-state index is 0.542. The van der Waals surface area contributed by atoms with Crippen LogP contribution in [-0.4, -0.2) is 32.2 Å². The average molecular weight is 237 g/mol. The number of thiocarbonyl (C=S) groups is 1. The van der Waals surface area contributed by atoms with E-state index >= 15 is 0 Å². The van der Waals surface area contributed by atoms with Crippen LogP contribution in [0.15, 0.2) is 24.3 Å². The third-order valence-electron chi connectivity index (χ3n) is 2.00. The molecule has 0 saturated heterocycles. The number of nitrogens with one attached hydrogen (secondary N) is 1. The van der Waals surface area contributed by atoms with Crippen LogP contribution >= 0.6 is 12.2 Å². The monoisotopic (exact) mass is 237 g/mol. The van der Waals surface area contributed by atoms with E-state index in [0.29, 0.717) is 12.1 Å². The molecule has 0 spiro atoms. The van der Waals surface area contributed by atoms with Crippen LogP contribution in [-0.2, 0) is 0 Å². The van der Waals surface area contributed by atoms with Gasteiger partial charge in [-0.1, -0.05) is 30.4 Å². The summed E-state index contributed by atoms with van der Waals surface area (Å²) in [5.74, 6) is 0. The Balaban J connectivity index is 0.00000106. The SMILES string of the molecule is CN.CN(C)c1ccccc1C(=N)CC=S. The van der Waals surface area contributed by atoms with Crippen molar-refractivity contribution >= 4 is 29.0 Å². The molecule has 0 atom stereocenters. The van der Waals surface area contributed by atoms with E-state index in [0.717, 1.165) is 11.3 Å². The first-order chi connectivity index (χ1) is 7.66. The van der Waals surface area contributed by atoms with Crippen LogP contribution in [0.3, 0.4) is 0 Å². The van der Waals surface area contributed by atoms with Crippen molar-refractivity contribution in [2.45, 2.75) is 6.42 Å². The molecule has 0 unspecified atom stereocenters. The van der Waals surface area contributed by atoms with Crippen LogP contribution in [0.5, 0.6) is 0 Å². The predicted octanol–water partition coefficient (Wildman–Crippen LogP) is 2.09. The maximum atomic E-state index is 7.84. The number of para-hydroxylation sites is 1. The maximum Gasteiger partial charge on any atom is 0.0453 e. The van der Waals surface area contributed by atoms with Crippen LogP contribution in [0.4, 0.5) is 5.69 Å². The lowest BCUT2D eigenvalue weighted by molar-refractivity contribution is 1.12. The first-order valence-electron chi connectivity index (χ1n) is 5.02. The lowest BCUT2D eigenvalue weighted by atomic mass is 10.1. The summed E-state index contributed by atoms with van der Waals surface area (Å²) in [6, 6.07) is 7.88. The highest BCUT2D eigenvalue weighted by Crippen LogP contribution is 2.18. The molecule has 0 aliphatic carbocycles. The molecule has 0 amide bonds. The Morgan fingerprint density at radius 2 is 1.94 bits per heavy atom. The highest BCUT2D eigenvalue weighted by atomic mass is 32.1. The molecule has 1 aromatic rings. The zero-order valence-electron chi connectivity index (χ0n) is 10.0. The van der Waals surface area contributed by atoms with Crippen LogP contribution in [0.2, 0.25) is 0 Å². The van der Waals surface area contributed by atoms with Gasteiger partial charge in [0.05, 0.1) is 0 Å². The van der Waals surface area contributed by atoms with Gasteiger partial charge in [0.15, 0.2) is 0 Å². The van der Waals surface area contributed by atoms with Crippen LogP contribution < -0.4 is 10.6 Å². The number of nitrogens with two attached hydrogens (primary N) is 1. The fourth-order valence-corrected chi connectivity index (χ4v) is 1.48. The van der Waals surface area contributed by atoms with E-state index in [1.807, 2.05) is 43.3 Å². The maximum absolute atomic E-state index is 7.84. The minimum Gasteiger partial charge on any atom is -0.377 e. The number of anilines is 1. The predicted molar refractivity (Wildman–Crippen MR) is 76.0 cm³/mol. The van der Waals surface area contributed by atoms with Crippen molar-refractivity contribution in [1.82, 2.24) is 0 Å². The van der Waals surface area contributed by atoms with E-state index in [1.165, 1.54) is 7.05 Å². The van der Waals surface area contributed by atoms with E-state index in [4.69, 9.17) is 17.6 Å². The zero-order chi connectivity index (χ0) is 12.6. The molecule has 0 radical (unpaired) electrons. The topological polar surface area (TPSA) is 53.1 Å². The van der Waals surface area contributed by atoms with Gasteiger partial charge in [-0.05, 0) is 18.5 Å². The smallest absolute Gasteiger partial charge is 0.0453 e. The van der Waals surface area contributed by atoms with Crippen LogP contribution in [0, 0.1) is 5.41 Å². The van der Waals surface area contributed by atoms with Gasteiger partial charge in [-0.15, -0.1) is 0 Å². The third kappa shape index (κ3) is 4.08. The van der Waals surface area contributed by atoms with E-state index in [-0.39, 0.29) is 0 Å². The molecular weight excluding hydrogens is 218 g/mol. The number of rotatable bonds is 4. The van der Waals surface area contributed by atoms with E-state index in [9.17, 15) is 0 Å². The molecule has 88 valence electrons. The summed E-state index contributed by atoms with van der Waals surface area (Å²) in [4.78, 5) is 2.01. The second kappa shape index (κ2) is 7.96. The van der Waals surface area contributed by atoms with Crippen molar-refractivity contribution in [3.8, 4) is 0 Å². The van der Waals surface area contributed by atoms with Gasteiger partial charge in [-0.3, -0.25) is 0 Å². The Morgan fingerprint density at radius 1 is 1.38 bits per heavy atom. The van der Waals surface area contributed by atoms with E-state index in [2.05, 4.69) is 5.73 Å². The first kappa shape index (κ1) is 14.7. The fraction of sp³-hybridized carbons (Fsp3) is 0.333. The van der Waals surface area contributed by atoms with Crippen molar-refractivity contribution in [3.63, 3.8) is 0 Å². The van der Waals surface area contributed by atoms with Gasteiger partial charge in [0.1, 0.15) is 0 Å². The van der Waals surface area contributed by atoms with Gasteiger partial charge in [0.2, 0.25) is 0 Å². The van der Waals surface area contributed by atoms with Crippen molar-refractivity contribution in [3.05, 3.63) is 29.8 Å². The molecular formula is C12H19N3S. The number of hydrogen-bond acceptors (Lipinski definition) is 4. The molecule has 4 heteroatoms. The summed E-state index contributed by atoms with van der Waals surface area (Å²) in [7, 11) is 5.45. The molecule has 0 aromatic heterocycles. The molecule has 0 heterocycles. The second-order valence-corrected chi connectivity index (χ2v) is 3.59. The zero-order valence-corrected chi connectivity index (χ0v) is 10.8. The lowest BCUT2D eigenvalue weighted by Gasteiger charge is -2.17. The van der Waals surface area contributed by atoms with Crippen molar-refractivity contribution in [1.29, 1.82) is 5.41 Å². The molecule has 16 heavy (non-hydrogen) atoms. The van der Waals surface area contributed by atoms with Crippen LogP contribution in [0.1, 0.15) is 12.0 Å². The normalized spacial score (nSPS) is 8.75. The fourth-order valence-electron chi connectivity index (χ4n) is 1.31. The van der Waals surface area contributed by atoms with Gasteiger partial charge in [-0.2, -0.15) is 0 Å². The summed E-state index contributed by atoms with van der Waals surface area (Å²) < 4.78 is 0. The lowest BCUT2D eigenvalue weighted by Crippen LogP contribution is -2.13. The Hall–Kier alpha value is -1.26. The Kier molecular flexibility index (Phi) is 7.33. The average Bonchev–Trinajstić information content (AvgIpc) is 2.32. The quantitative estimate of drug-likeness (QED) is 0.623. The number of hydrogen-bond donors (Lipinski definition) is 2. The minimum atomic E-state index is 0.542. The third-order valence-corrected chi connectivity index (χ3v) is 2.17. The van der Waals surface area contributed by atoms with Gasteiger partial charge in [0.25, 0.3) is 0 Å². The Bertz CT molecular complexity index is 348. The highest BCUT2D eigenvalue weighted by Gasteiger charge is 2.06. The molecule has 0 fully saturated rings. The summed E-state index contributed by atoms with van der Waals surface area (Å²) in [5.41, 5.74) is 7.09. The summed E-state index contributed by atoms with van der Waals surface area (Å²) in [6.07, 6.45) is 0.542. The van der Waals surface area contributed by atoms with E-state index in [1.54, 1.807) is 5.37 Å². The van der Waals surface area contributed by atoms with Gasteiger partial charge in [-0.25, -0.2) is 0 Å². The van der Waals surface area contributed by atoms with E-state index < -0.39 is 0 Å². The molecule has 0 aliphatic rings. The van der Waals surface area contributed by atoms with Crippen molar-refractivity contribution in [2.75, 3.05) is 26.0 Å². The Labute approximate surface area is 103 Å². The molecule has 0 aliphatic heterocycles. The van der Waals surface area contributed by atoms with Crippen molar-refractivity contribution in [2.24, 2.45) is 5.73 Å². The van der Waals surface area contributed by atoms with Gasteiger partial charge >= 0.3 is 0 Å². The molecule has 3 N–H and O–H groups in total. The molecule has 3 nitrogen and oxygen atoms in total. The summed E-state index contributed by atoms with van der Waals surface area (Å²) in [6.45, 7) is 0. The summed E-state index contributed by atoms with van der Waals surface area (Å²) >= 11 is 4.76. The van der Waals surface area contributed by atoms with Gasteiger partial charge < -0.3 is 16.0 Å². The molecule has 1 aromatic carbocycles. The second-order valence-electron chi connectivity index (χ2n) is 3.26. The number of nitrogens with zero attached hydrogens (tertiary/aromatic N) is 1. The highest BCUT2D eigenvalue weighted by molar-refractivity contribution is 7.79. The van der Waals surface area contributed by atoms with Crippen molar-refractivity contribution < 1.29 is 0 Å². The standard InChI is InChI=1S/C11H14N2S.CH5N/c1-13(2)11-6-4-3-5-9(11)10(12)7-8-14;1-2/h3-6,8,12H,7H2,1-2H3;2H2,1H3. The van der Waals surface area contributed by atoms with Gasteiger partial charge in [0, 0.05) is 37.5 Å². The molecule has 0 saturated carbocycles. The summed E-state index contributed by atoms with van der Waals surface area (Å²) in [5, 5.41) is 9.43. The Morgan fingerprint density at radius 3 is 2.44 bits per heavy atom. The first-order valence-corrected chi connectivity index (χ1v) is 5.49. The largest absolute Gasteiger partial charge is 0.377 e.